The van der Waals surface area contributed by atoms with E-state index in [1.807, 2.05) is 0 Å². The van der Waals surface area contributed by atoms with Gasteiger partial charge in [0.15, 0.2) is 0 Å². The van der Waals surface area contributed by atoms with Gasteiger partial charge in [-0.25, -0.2) is 0 Å². The molecule has 1 aliphatic carbocycles. The normalized spacial score (nSPS) is 24.6. The van der Waals surface area contributed by atoms with Gasteiger partial charge in [-0.2, -0.15) is 0 Å². The molecule has 0 atom stereocenters. The smallest absolute Gasteiger partial charge is 0.00952 e. The summed E-state index contributed by atoms with van der Waals surface area (Å²) in [4.78, 5) is 2.68. The molecular weight excluding hydrogens is 219 g/mol. The molecule has 0 aromatic carbocycles. The summed E-state index contributed by atoms with van der Waals surface area (Å²) in [6, 6.07) is 0.948. The molecule has 1 heterocycles. The third-order valence-electron chi connectivity index (χ3n) is 3.57. The zero-order valence-electron chi connectivity index (χ0n) is 8.65. The summed E-state index contributed by atoms with van der Waals surface area (Å²) in [7, 11) is 0. The third kappa shape index (κ3) is 3.27. The van der Waals surface area contributed by atoms with E-state index in [0.29, 0.717) is 0 Å². The second kappa shape index (κ2) is 6.89. The van der Waals surface area contributed by atoms with Crippen LogP contribution in [0.4, 0.5) is 0 Å². The van der Waals surface area contributed by atoms with Crippen molar-refractivity contribution in [2.45, 2.75) is 38.1 Å². The van der Waals surface area contributed by atoms with Gasteiger partial charge in [0.1, 0.15) is 0 Å². The van der Waals surface area contributed by atoms with Gasteiger partial charge in [-0.05, 0) is 51.2 Å². The van der Waals surface area contributed by atoms with Crippen LogP contribution in [0.2, 0.25) is 0 Å². The lowest BCUT2D eigenvalue weighted by Gasteiger charge is -2.41. The van der Waals surface area contributed by atoms with Crippen molar-refractivity contribution in [1.29, 1.82) is 0 Å². The fraction of sp³-hybridized carbons (Fsp3) is 1.00. The number of halogens is 2. The highest BCUT2D eigenvalue weighted by molar-refractivity contribution is 5.85. The Labute approximate surface area is 99.4 Å². The van der Waals surface area contributed by atoms with Crippen molar-refractivity contribution < 1.29 is 0 Å². The Hall–Kier alpha value is 0.500. The highest BCUT2D eigenvalue weighted by Crippen LogP contribution is 2.28. The summed E-state index contributed by atoms with van der Waals surface area (Å²) in [5.41, 5.74) is 5.65. The highest BCUT2D eigenvalue weighted by Gasteiger charge is 2.27. The summed E-state index contributed by atoms with van der Waals surface area (Å²) in [6.45, 7) is 3.53. The standard InChI is InChI=1S/C10H20N2.2ClH/c11-8-9-4-6-12(7-5-9)10-2-1-3-10;;/h9-10H,1-8,11H2;2*1H. The Balaban J connectivity index is 0.000000845. The molecule has 0 radical (unpaired) electrons. The zero-order chi connectivity index (χ0) is 8.39. The van der Waals surface area contributed by atoms with Crippen molar-refractivity contribution in [3.8, 4) is 0 Å². The quantitative estimate of drug-likeness (QED) is 0.801. The summed E-state index contributed by atoms with van der Waals surface area (Å²) >= 11 is 0. The highest BCUT2D eigenvalue weighted by atomic mass is 35.5. The van der Waals surface area contributed by atoms with Crippen molar-refractivity contribution >= 4 is 24.8 Å². The first kappa shape index (κ1) is 14.5. The van der Waals surface area contributed by atoms with Gasteiger partial charge in [-0.15, -0.1) is 24.8 Å². The van der Waals surface area contributed by atoms with Crippen LogP contribution in [0.3, 0.4) is 0 Å². The van der Waals surface area contributed by atoms with Crippen LogP contribution < -0.4 is 5.73 Å². The van der Waals surface area contributed by atoms with Gasteiger partial charge >= 0.3 is 0 Å². The number of likely N-dealkylation sites (tertiary alicyclic amines) is 1. The average Bonchev–Trinajstić information content (AvgIpc) is 2.03. The Morgan fingerprint density at radius 3 is 1.93 bits per heavy atom. The monoisotopic (exact) mass is 240 g/mol. The van der Waals surface area contributed by atoms with Gasteiger partial charge in [-0.3, -0.25) is 0 Å². The summed E-state index contributed by atoms with van der Waals surface area (Å²) in [5, 5.41) is 0. The van der Waals surface area contributed by atoms with Crippen LogP contribution >= 0.6 is 24.8 Å². The molecule has 0 aromatic heterocycles. The number of piperidine rings is 1. The first-order valence-electron chi connectivity index (χ1n) is 5.34. The van der Waals surface area contributed by atoms with E-state index in [0.717, 1.165) is 18.5 Å². The van der Waals surface area contributed by atoms with Gasteiger partial charge in [0.05, 0.1) is 0 Å². The molecule has 2 nitrogen and oxygen atoms in total. The molecule has 86 valence electrons. The summed E-state index contributed by atoms with van der Waals surface area (Å²) in [6.07, 6.45) is 7.04. The minimum Gasteiger partial charge on any atom is -0.330 e. The third-order valence-corrected chi connectivity index (χ3v) is 3.57. The van der Waals surface area contributed by atoms with E-state index in [9.17, 15) is 0 Å². The van der Waals surface area contributed by atoms with Crippen LogP contribution in [0.5, 0.6) is 0 Å². The van der Waals surface area contributed by atoms with Gasteiger partial charge < -0.3 is 10.6 Å². The molecule has 2 rings (SSSR count). The molecule has 1 saturated heterocycles. The van der Waals surface area contributed by atoms with Crippen molar-refractivity contribution in [3.63, 3.8) is 0 Å². The average molecular weight is 241 g/mol. The van der Waals surface area contributed by atoms with Crippen LogP contribution in [0.1, 0.15) is 32.1 Å². The minimum atomic E-state index is 0. The molecule has 1 saturated carbocycles. The maximum absolute atomic E-state index is 5.65. The van der Waals surface area contributed by atoms with Crippen molar-refractivity contribution in [2.75, 3.05) is 19.6 Å². The Morgan fingerprint density at radius 2 is 1.57 bits per heavy atom. The van der Waals surface area contributed by atoms with E-state index < -0.39 is 0 Å². The van der Waals surface area contributed by atoms with E-state index in [1.165, 1.54) is 45.2 Å². The molecular formula is C10H22Cl2N2. The van der Waals surface area contributed by atoms with Crippen LogP contribution in [0.25, 0.3) is 0 Å². The SMILES string of the molecule is Cl.Cl.NCC1CCN(C2CCC2)CC1. The molecule has 0 amide bonds. The first-order chi connectivity index (χ1) is 5.90. The fourth-order valence-corrected chi connectivity index (χ4v) is 2.31. The van der Waals surface area contributed by atoms with E-state index in [1.54, 1.807) is 0 Å². The molecule has 2 fully saturated rings. The predicted molar refractivity (Wildman–Crippen MR) is 65.5 cm³/mol. The number of hydrogen-bond acceptors (Lipinski definition) is 2. The molecule has 1 aliphatic heterocycles. The van der Waals surface area contributed by atoms with Crippen molar-refractivity contribution in [3.05, 3.63) is 0 Å². The fourth-order valence-electron chi connectivity index (χ4n) is 2.31. The molecule has 0 aromatic rings. The minimum absolute atomic E-state index is 0. The van der Waals surface area contributed by atoms with E-state index in [4.69, 9.17) is 5.73 Å². The Morgan fingerprint density at radius 1 is 1.00 bits per heavy atom. The maximum atomic E-state index is 5.65. The molecule has 0 unspecified atom stereocenters. The van der Waals surface area contributed by atoms with E-state index in [2.05, 4.69) is 4.90 Å². The van der Waals surface area contributed by atoms with Crippen LogP contribution in [0, 0.1) is 5.92 Å². The number of nitrogens with two attached hydrogens (primary N) is 1. The number of nitrogens with zero attached hydrogens (tertiary/aromatic N) is 1. The summed E-state index contributed by atoms with van der Waals surface area (Å²) < 4.78 is 0. The van der Waals surface area contributed by atoms with Gasteiger partial charge in [0.2, 0.25) is 0 Å². The Bertz CT molecular complexity index is 143. The molecule has 0 spiro atoms. The lowest BCUT2D eigenvalue weighted by molar-refractivity contribution is 0.0863. The first-order valence-corrected chi connectivity index (χ1v) is 5.34. The van der Waals surface area contributed by atoms with Crippen LogP contribution in [0.15, 0.2) is 0 Å². The van der Waals surface area contributed by atoms with E-state index >= 15 is 0 Å². The second-order valence-electron chi connectivity index (χ2n) is 4.30. The van der Waals surface area contributed by atoms with E-state index in [-0.39, 0.29) is 24.8 Å². The predicted octanol–water partition coefficient (Wildman–Crippen LogP) is 2.05. The van der Waals surface area contributed by atoms with Crippen molar-refractivity contribution in [1.82, 2.24) is 4.90 Å². The number of rotatable bonds is 2. The molecule has 2 N–H and O–H groups in total. The van der Waals surface area contributed by atoms with Crippen LogP contribution in [-0.4, -0.2) is 30.6 Å². The van der Waals surface area contributed by atoms with Gasteiger partial charge in [0, 0.05) is 6.04 Å². The molecule has 4 heteroatoms. The summed E-state index contributed by atoms with van der Waals surface area (Å²) in [5.74, 6) is 0.821. The second-order valence-corrected chi connectivity index (χ2v) is 4.30. The largest absolute Gasteiger partial charge is 0.330 e. The lowest BCUT2D eigenvalue weighted by atomic mass is 9.88. The van der Waals surface area contributed by atoms with Crippen molar-refractivity contribution in [2.24, 2.45) is 11.7 Å². The van der Waals surface area contributed by atoms with Gasteiger partial charge in [0.25, 0.3) is 0 Å². The lowest BCUT2D eigenvalue weighted by Crippen LogP contribution is -2.45. The number of hydrogen-bond donors (Lipinski definition) is 1. The Kier molecular flexibility index (Phi) is 7.13. The molecule has 2 aliphatic rings. The van der Waals surface area contributed by atoms with Gasteiger partial charge in [-0.1, -0.05) is 6.42 Å². The topological polar surface area (TPSA) is 29.3 Å². The molecule has 0 bridgehead atoms. The zero-order valence-corrected chi connectivity index (χ0v) is 10.3. The maximum Gasteiger partial charge on any atom is 0.00952 e. The molecule has 14 heavy (non-hydrogen) atoms. The van der Waals surface area contributed by atoms with Crippen LogP contribution in [-0.2, 0) is 0 Å².